The molecule has 1 aromatic heterocycles. The van der Waals surface area contributed by atoms with Crippen molar-refractivity contribution in [1.29, 1.82) is 0 Å². The van der Waals surface area contributed by atoms with Crippen LogP contribution in [0.3, 0.4) is 0 Å². The van der Waals surface area contributed by atoms with Crippen molar-refractivity contribution in [2.75, 3.05) is 7.11 Å². The van der Waals surface area contributed by atoms with E-state index in [1.165, 1.54) is 0 Å². The van der Waals surface area contributed by atoms with E-state index < -0.39 is 8.32 Å². The van der Waals surface area contributed by atoms with Crippen LogP contribution in [0.25, 0.3) is 0 Å². The lowest BCUT2D eigenvalue weighted by Crippen LogP contribution is -2.42. The van der Waals surface area contributed by atoms with E-state index in [4.69, 9.17) is 9.16 Å². The van der Waals surface area contributed by atoms with Gasteiger partial charge in [0.05, 0.1) is 19.8 Å². The minimum atomic E-state index is -1.93. The predicted molar refractivity (Wildman–Crippen MR) is 125 cm³/mol. The third-order valence-corrected chi connectivity index (χ3v) is 11.0. The number of allylic oxidation sites excluding steroid dienone is 1. The number of hydrogen-bond acceptors (Lipinski definition) is 4. The van der Waals surface area contributed by atoms with Crippen LogP contribution in [0.4, 0.5) is 0 Å². The highest BCUT2D eigenvalue weighted by Crippen LogP contribution is 2.41. The quantitative estimate of drug-likeness (QED) is 0.236. The van der Waals surface area contributed by atoms with Crippen LogP contribution in [0.1, 0.15) is 51.0 Å². The van der Waals surface area contributed by atoms with Gasteiger partial charge in [0.2, 0.25) is 0 Å². The maximum absolute atomic E-state index is 6.72. The molecular weight excluding hydrogens is 481 g/mol. The third kappa shape index (κ3) is 5.67. The van der Waals surface area contributed by atoms with Crippen molar-refractivity contribution in [3.05, 3.63) is 51.9 Å². The Morgan fingerprint density at radius 1 is 1.25 bits per heavy atom. The predicted octanol–water partition coefficient (Wildman–Crippen LogP) is 5.97. The molecule has 1 heterocycles. The first-order valence-corrected chi connectivity index (χ1v) is 13.6. The Hall–Kier alpha value is -1.19. The number of ether oxygens (including phenoxy) is 1. The first kappa shape index (κ1) is 23.1. The summed E-state index contributed by atoms with van der Waals surface area (Å²) in [6.07, 6.45) is 3.64. The van der Waals surface area contributed by atoms with Crippen molar-refractivity contribution in [3.63, 3.8) is 0 Å². The summed E-state index contributed by atoms with van der Waals surface area (Å²) in [5.41, 5.74) is 2.09. The first-order chi connectivity index (χ1) is 13.1. The Labute approximate surface area is 183 Å². The van der Waals surface area contributed by atoms with E-state index in [-0.39, 0.29) is 11.1 Å². The van der Waals surface area contributed by atoms with Gasteiger partial charge in [0.25, 0.3) is 0 Å². The van der Waals surface area contributed by atoms with Crippen LogP contribution in [0.5, 0.6) is 5.75 Å². The lowest BCUT2D eigenvalue weighted by Gasteiger charge is -2.39. The number of hydrogen-bond donors (Lipinski definition) is 0. The second-order valence-electron chi connectivity index (χ2n) is 8.50. The number of benzene rings is 1. The van der Waals surface area contributed by atoms with Gasteiger partial charge in [-0.1, -0.05) is 44.2 Å². The molecule has 0 N–H and O–H groups in total. The molecule has 1 atom stereocenters. The Kier molecular flexibility index (Phi) is 7.86. The van der Waals surface area contributed by atoms with Crippen LogP contribution >= 0.6 is 22.6 Å². The summed E-state index contributed by atoms with van der Waals surface area (Å²) in [5, 5.41) is 9.06. The van der Waals surface area contributed by atoms with E-state index in [0.29, 0.717) is 6.54 Å². The zero-order chi connectivity index (χ0) is 20.9. The highest BCUT2D eigenvalue weighted by Gasteiger charge is 2.40. The summed E-state index contributed by atoms with van der Waals surface area (Å²) in [5.74, 6) is 0.852. The fourth-order valence-electron chi connectivity index (χ4n) is 2.57. The van der Waals surface area contributed by atoms with Gasteiger partial charge < -0.3 is 9.16 Å². The van der Waals surface area contributed by atoms with Gasteiger partial charge in [-0.3, -0.25) is 0 Å². The summed E-state index contributed by atoms with van der Waals surface area (Å²) in [6, 6.07) is 8.04. The fraction of sp³-hybridized carbons (Fsp3) is 0.524. The van der Waals surface area contributed by atoms with E-state index in [9.17, 15) is 0 Å². The van der Waals surface area contributed by atoms with Gasteiger partial charge in [-0.25, -0.2) is 4.68 Å². The average Bonchev–Trinajstić information content (AvgIpc) is 2.99. The Bertz CT molecular complexity index is 782. The molecule has 0 saturated heterocycles. The number of halogens is 1. The van der Waals surface area contributed by atoms with Crippen molar-refractivity contribution >= 4 is 30.9 Å². The molecule has 0 amide bonds. The summed E-state index contributed by atoms with van der Waals surface area (Å²) >= 11 is 2.34. The lowest BCUT2D eigenvalue weighted by molar-refractivity contribution is 0.169. The maximum Gasteiger partial charge on any atom is 0.192 e. The molecule has 0 spiro atoms. The van der Waals surface area contributed by atoms with E-state index in [2.05, 4.69) is 85.5 Å². The van der Waals surface area contributed by atoms with E-state index in [1.54, 1.807) is 7.11 Å². The van der Waals surface area contributed by atoms with Crippen LogP contribution in [0, 0.1) is 3.70 Å². The van der Waals surface area contributed by atoms with E-state index >= 15 is 0 Å². The monoisotopic (exact) mass is 513 g/mol. The average molecular weight is 513 g/mol. The van der Waals surface area contributed by atoms with Crippen LogP contribution in [-0.4, -0.2) is 30.4 Å². The van der Waals surface area contributed by atoms with Gasteiger partial charge in [-0.05, 0) is 71.3 Å². The second-order valence-corrected chi connectivity index (χ2v) is 14.3. The van der Waals surface area contributed by atoms with Crippen LogP contribution in [0.2, 0.25) is 18.1 Å². The molecule has 0 fully saturated rings. The Morgan fingerprint density at radius 3 is 2.43 bits per heavy atom. The maximum atomic E-state index is 6.72. The molecule has 0 aliphatic carbocycles. The SMILES string of the molecule is C=CCCC(O[Si](C)(C)C(C)(C)C)c1nnn(Cc2ccc(OC)cc2)c1I. The van der Waals surface area contributed by atoms with Gasteiger partial charge in [0, 0.05) is 0 Å². The van der Waals surface area contributed by atoms with E-state index in [0.717, 1.165) is 33.5 Å². The largest absolute Gasteiger partial charge is 0.497 e. The van der Waals surface area contributed by atoms with Crippen molar-refractivity contribution in [2.45, 2.75) is 64.4 Å². The molecule has 0 radical (unpaired) electrons. The Morgan fingerprint density at radius 2 is 1.89 bits per heavy atom. The topological polar surface area (TPSA) is 49.2 Å². The first-order valence-electron chi connectivity index (χ1n) is 9.59. The van der Waals surface area contributed by atoms with Gasteiger partial charge in [-0.2, -0.15) is 0 Å². The van der Waals surface area contributed by atoms with Crippen LogP contribution in [0.15, 0.2) is 36.9 Å². The molecule has 2 aromatic rings. The fourth-order valence-corrected chi connectivity index (χ4v) is 4.59. The summed E-state index contributed by atoms with van der Waals surface area (Å²) in [6.45, 7) is 15.9. The zero-order valence-electron chi connectivity index (χ0n) is 17.8. The van der Waals surface area contributed by atoms with Gasteiger partial charge >= 0.3 is 0 Å². The smallest absolute Gasteiger partial charge is 0.192 e. The summed E-state index contributed by atoms with van der Waals surface area (Å²) in [4.78, 5) is 0. The molecule has 154 valence electrons. The minimum absolute atomic E-state index is 0.0598. The van der Waals surface area contributed by atoms with Gasteiger partial charge in [-0.15, -0.1) is 11.7 Å². The van der Waals surface area contributed by atoms with Crippen molar-refractivity contribution in [1.82, 2.24) is 15.0 Å². The van der Waals surface area contributed by atoms with Crippen molar-refractivity contribution in [2.24, 2.45) is 0 Å². The number of methoxy groups -OCH3 is 1. The molecule has 0 aliphatic heterocycles. The van der Waals surface area contributed by atoms with Gasteiger partial charge in [0.1, 0.15) is 15.1 Å². The lowest BCUT2D eigenvalue weighted by atomic mass is 10.1. The van der Waals surface area contributed by atoms with Gasteiger partial charge in [0.15, 0.2) is 8.32 Å². The normalized spacial score (nSPS) is 13.4. The standard InChI is InChI=1S/C21H32IN3O2Si/c1-8-9-10-18(27-28(6,7)21(2,3)4)19-20(22)25(24-23-19)15-16-11-13-17(26-5)14-12-16/h8,11-14,18H,1,9-10,15H2,2-7H3. The summed E-state index contributed by atoms with van der Waals surface area (Å²) in [7, 11) is -0.254. The van der Waals surface area contributed by atoms with Crippen LogP contribution < -0.4 is 4.74 Å². The molecule has 7 heteroatoms. The number of aromatic nitrogens is 3. The molecule has 28 heavy (non-hydrogen) atoms. The highest BCUT2D eigenvalue weighted by atomic mass is 127. The van der Waals surface area contributed by atoms with Crippen molar-refractivity contribution < 1.29 is 9.16 Å². The molecule has 5 nitrogen and oxygen atoms in total. The molecule has 1 unspecified atom stereocenters. The van der Waals surface area contributed by atoms with Crippen LogP contribution in [-0.2, 0) is 11.0 Å². The number of nitrogens with zero attached hydrogens (tertiary/aromatic N) is 3. The molecule has 2 rings (SSSR count). The molecule has 0 saturated carbocycles. The third-order valence-electron chi connectivity index (χ3n) is 5.37. The highest BCUT2D eigenvalue weighted by molar-refractivity contribution is 14.1. The minimum Gasteiger partial charge on any atom is -0.497 e. The zero-order valence-corrected chi connectivity index (χ0v) is 21.0. The molecular formula is C21H32IN3O2Si. The molecule has 0 aliphatic rings. The Balaban J connectivity index is 2.25. The summed E-state index contributed by atoms with van der Waals surface area (Å²) < 4.78 is 14.9. The van der Waals surface area contributed by atoms with E-state index in [1.807, 2.05) is 22.9 Å². The molecule has 1 aromatic carbocycles. The second kappa shape index (κ2) is 9.54. The number of rotatable bonds is 9. The van der Waals surface area contributed by atoms with Crippen molar-refractivity contribution in [3.8, 4) is 5.75 Å². The molecule has 0 bridgehead atoms.